The summed E-state index contributed by atoms with van der Waals surface area (Å²) in [5.41, 5.74) is 0.270. The second-order valence-corrected chi connectivity index (χ2v) is 5.24. The number of aliphatic hydroxyl groups is 1. The first-order chi connectivity index (χ1) is 5.93. The molecule has 0 unspecified atom stereocenters. The van der Waals surface area contributed by atoms with E-state index in [9.17, 15) is 9.90 Å². The molecule has 74 valence electrons. The maximum atomic E-state index is 11.3. The predicted molar refractivity (Wildman–Crippen MR) is 53.4 cm³/mol. The maximum absolute atomic E-state index is 11.3. The molecule has 0 spiro atoms. The van der Waals surface area contributed by atoms with Crippen LogP contribution in [0.25, 0.3) is 0 Å². The fraction of sp³-hybridized carbons (Fsp3) is 0.625. The first-order valence-corrected chi connectivity index (χ1v) is 5.09. The van der Waals surface area contributed by atoms with Crippen molar-refractivity contribution in [3.63, 3.8) is 0 Å². The molecule has 13 heavy (non-hydrogen) atoms. The lowest BCUT2D eigenvalue weighted by Gasteiger charge is -2.18. The van der Waals surface area contributed by atoms with Gasteiger partial charge in [-0.3, -0.25) is 4.79 Å². The van der Waals surface area contributed by atoms with Gasteiger partial charge in [-0.25, -0.2) is 0 Å². The first-order valence-electron chi connectivity index (χ1n) is 3.95. The van der Waals surface area contributed by atoms with Crippen LogP contribution in [0, 0.1) is 0 Å². The molecule has 2 nitrogen and oxygen atoms in total. The predicted octanol–water partition coefficient (Wildman–Crippen LogP) is 3.31. The molecular weight excluding hydrogens is 234 g/mol. The number of alkyl halides is 3. The van der Waals surface area contributed by atoms with Crippen LogP contribution in [0.4, 0.5) is 0 Å². The average Bonchev–Trinajstić information content (AvgIpc) is 2.02. The van der Waals surface area contributed by atoms with Crippen molar-refractivity contribution in [3.05, 3.63) is 11.3 Å². The Kier molecular flexibility index (Phi) is 3.50. The number of hydrogen-bond donors (Lipinski definition) is 1. The van der Waals surface area contributed by atoms with Gasteiger partial charge in [-0.2, -0.15) is 0 Å². The summed E-state index contributed by atoms with van der Waals surface area (Å²) in [5, 5.41) is 9.44. The van der Waals surface area contributed by atoms with Crippen LogP contribution in [0.15, 0.2) is 11.3 Å². The third-order valence-electron chi connectivity index (χ3n) is 1.97. The minimum Gasteiger partial charge on any atom is -0.507 e. The van der Waals surface area contributed by atoms with E-state index < -0.39 is 9.55 Å². The third-order valence-corrected chi connectivity index (χ3v) is 2.51. The normalized spacial score (nSPS) is 23.2. The lowest BCUT2D eigenvalue weighted by molar-refractivity contribution is -0.116. The molecule has 0 atom stereocenters. The summed E-state index contributed by atoms with van der Waals surface area (Å²) >= 11 is 16.4. The van der Waals surface area contributed by atoms with Crippen molar-refractivity contribution in [2.75, 3.05) is 0 Å². The molecule has 0 heterocycles. The number of ketones is 1. The third kappa shape index (κ3) is 2.76. The zero-order chi connectivity index (χ0) is 10.1. The molecule has 5 heteroatoms. The summed E-state index contributed by atoms with van der Waals surface area (Å²) in [5.74, 6) is -0.530. The molecule has 0 aromatic rings. The molecule has 0 aromatic heterocycles. The van der Waals surface area contributed by atoms with E-state index in [1.54, 1.807) is 0 Å². The molecule has 1 saturated carbocycles. The summed E-state index contributed by atoms with van der Waals surface area (Å²) in [6.45, 7) is 0. The Morgan fingerprint density at radius 3 is 2.23 bits per heavy atom. The SMILES string of the molecule is O=C1CCCC/C1=C(\O)C(Cl)(Cl)Cl. The van der Waals surface area contributed by atoms with Crippen LogP contribution in [0.5, 0.6) is 0 Å². The van der Waals surface area contributed by atoms with E-state index in [2.05, 4.69) is 0 Å². The van der Waals surface area contributed by atoms with Crippen LogP contribution < -0.4 is 0 Å². The average molecular weight is 244 g/mol. The molecule has 1 aliphatic rings. The van der Waals surface area contributed by atoms with Gasteiger partial charge in [0.2, 0.25) is 3.79 Å². The van der Waals surface area contributed by atoms with Crippen molar-refractivity contribution >= 4 is 40.6 Å². The molecule has 0 saturated heterocycles. The number of halogens is 3. The highest BCUT2D eigenvalue weighted by Crippen LogP contribution is 2.37. The Labute approximate surface area is 91.5 Å². The van der Waals surface area contributed by atoms with E-state index in [-0.39, 0.29) is 11.4 Å². The Hall–Kier alpha value is 0.0800. The number of carbonyl (C=O) groups excluding carboxylic acids is 1. The number of hydrogen-bond acceptors (Lipinski definition) is 2. The maximum Gasteiger partial charge on any atom is 0.247 e. The van der Waals surface area contributed by atoms with Gasteiger partial charge in [0.05, 0.1) is 0 Å². The second kappa shape index (κ2) is 4.07. The number of aliphatic hydroxyl groups excluding tert-OH is 1. The number of Topliss-reactive ketones (excluding diaryl/α,β-unsaturated/α-hetero) is 1. The van der Waals surface area contributed by atoms with Gasteiger partial charge in [0.25, 0.3) is 0 Å². The highest BCUT2D eigenvalue weighted by molar-refractivity contribution is 6.69. The molecule has 1 N–H and O–H groups in total. The Balaban J connectivity index is 2.94. The number of carbonyl (C=O) groups is 1. The fourth-order valence-electron chi connectivity index (χ4n) is 1.30. The zero-order valence-electron chi connectivity index (χ0n) is 6.82. The molecule has 1 rings (SSSR count). The van der Waals surface area contributed by atoms with Gasteiger partial charge in [0.1, 0.15) is 0 Å². The minimum atomic E-state index is -1.87. The van der Waals surface area contributed by atoms with Crippen molar-refractivity contribution < 1.29 is 9.90 Å². The number of rotatable bonds is 0. The van der Waals surface area contributed by atoms with E-state index >= 15 is 0 Å². The topological polar surface area (TPSA) is 37.3 Å². The Bertz CT molecular complexity index is 253. The van der Waals surface area contributed by atoms with Crippen LogP contribution >= 0.6 is 34.8 Å². The molecule has 1 fully saturated rings. The molecule has 0 aliphatic heterocycles. The molecule has 0 aromatic carbocycles. The summed E-state index contributed by atoms with van der Waals surface area (Å²) in [7, 11) is 0. The standard InChI is InChI=1S/C8H9Cl3O2/c9-8(10,11)7(13)5-3-1-2-4-6(5)12/h13H,1-4H2/b7-5+. The van der Waals surface area contributed by atoms with Gasteiger partial charge in [-0.1, -0.05) is 34.8 Å². The van der Waals surface area contributed by atoms with E-state index in [4.69, 9.17) is 34.8 Å². The summed E-state index contributed by atoms with van der Waals surface area (Å²) in [4.78, 5) is 11.3. The van der Waals surface area contributed by atoms with Crippen LogP contribution in [0.3, 0.4) is 0 Å². The zero-order valence-corrected chi connectivity index (χ0v) is 9.09. The first kappa shape index (κ1) is 11.2. The fourth-order valence-corrected chi connectivity index (χ4v) is 1.64. The monoisotopic (exact) mass is 242 g/mol. The minimum absolute atomic E-state index is 0.116. The van der Waals surface area contributed by atoms with E-state index in [1.807, 2.05) is 0 Å². The summed E-state index contributed by atoms with van der Waals surface area (Å²) in [6.07, 6.45) is 2.63. The Morgan fingerprint density at radius 2 is 1.77 bits per heavy atom. The summed E-state index contributed by atoms with van der Waals surface area (Å²) < 4.78 is -1.87. The smallest absolute Gasteiger partial charge is 0.247 e. The van der Waals surface area contributed by atoms with Crippen molar-refractivity contribution in [1.82, 2.24) is 0 Å². The Morgan fingerprint density at radius 1 is 1.23 bits per heavy atom. The van der Waals surface area contributed by atoms with Crippen LogP contribution in [0.1, 0.15) is 25.7 Å². The molecule has 0 amide bonds. The van der Waals surface area contributed by atoms with Gasteiger partial charge in [0.15, 0.2) is 11.5 Å². The highest BCUT2D eigenvalue weighted by Gasteiger charge is 2.32. The van der Waals surface area contributed by atoms with Crippen LogP contribution in [0.2, 0.25) is 0 Å². The van der Waals surface area contributed by atoms with Gasteiger partial charge < -0.3 is 5.11 Å². The largest absolute Gasteiger partial charge is 0.507 e. The van der Waals surface area contributed by atoms with Gasteiger partial charge in [-0.15, -0.1) is 0 Å². The quantitative estimate of drug-likeness (QED) is 0.403. The van der Waals surface area contributed by atoms with E-state index in [0.29, 0.717) is 12.8 Å². The van der Waals surface area contributed by atoms with E-state index in [1.165, 1.54) is 0 Å². The lowest BCUT2D eigenvalue weighted by atomic mass is 9.93. The van der Waals surface area contributed by atoms with Crippen molar-refractivity contribution in [2.24, 2.45) is 0 Å². The van der Waals surface area contributed by atoms with Gasteiger partial charge >= 0.3 is 0 Å². The van der Waals surface area contributed by atoms with Crippen molar-refractivity contribution in [2.45, 2.75) is 29.5 Å². The van der Waals surface area contributed by atoms with Gasteiger partial charge in [0, 0.05) is 12.0 Å². The molecule has 0 bridgehead atoms. The van der Waals surface area contributed by atoms with Crippen molar-refractivity contribution in [1.29, 1.82) is 0 Å². The molecule has 1 aliphatic carbocycles. The van der Waals surface area contributed by atoms with Gasteiger partial charge in [-0.05, 0) is 19.3 Å². The van der Waals surface area contributed by atoms with Crippen LogP contribution in [-0.2, 0) is 4.79 Å². The van der Waals surface area contributed by atoms with Crippen molar-refractivity contribution in [3.8, 4) is 0 Å². The number of allylic oxidation sites excluding steroid dienone is 2. The van der Waals surface area contributed by atoms with E-state index in [0.717, 1.165) is 12.8 Å². The lowest BCUT2D eigenvalue weighted by Crippen LogP contribution is -2.17. The second-order valence-electron chi connectivity index (χ2n) is 2.96. The highest BCUT2D eigenvalue weighted by atomic mass is 35.6. The molecule has 0 radical (unpaired) electrons. The summed E-state index contributed by atoms with van der Waals surface area (Å²) in [6, 6.07) is 0. The van der Waals surface area contributed by atoms with Crippen LogP contribution in [-0.4, -0.2) is 14.7 Å². The molecular formula is C8H9Cl3O2.